The van der Waals surface area contributed by atoms with Crippen molar-refractivity contribution in [2.75, 3.05) is 53.4 Å². The summed E-state index contributed by atoms with van der Waals surface area (Å²) in [6, 6.07) is 8.03. The van der Waals surface area contributed by atoms with E-state index in [-0.39, 0.29) is 47.7 Å². The zero-order chi connectivity index (χ0) is 19.8. The van der Waals surface area contributed by atoms with Gasteiger partial charge in [-0.1, -0.05) is 12.1 Å². The molecular weight excluding hydrogens is 425 g/mol. The number of methoxy groups -OCH3 is 1. The Hall–Kier alpha value is -1.05. The molecule has 4 rings (SSSR count). The summed E-state index contributed by atoms with van der Waals surface area (Å²) >= 11 is 0. The molecule has 0 unspecified atom stereocenters. The van der Waals surface area contributed by atoms with Gasteiger partial charge in [0.2, 0.25) is 5.91 Å². The van der Waals surface area contributed by atoms with Crippen molar-refractivity contribution >= 4 is 30.7 Å². The topological polar surface area (TPSA) is 65.0 Å². The molecule has 6 nitrogen and oxygen atoms in total. The van der Waals surface area contributed by atoms with E-state index < -0.39 is 0 Å². The summed E-state index contributed by atoms with van der Waals surface area (Å²) in [6.45, 7) is 4.72. The van der Waals surface area contributed by atoms with Gasteiger partial charge in [0.15, 0.2) is 0 Å². The lowest BCUT2D eigenvalue weighted by Crippen LogP contribution is -2.66. The van der Waals surface area contributed by atoms with Crippen LogP contribution in [0.4, 0.5) is 0 Å². The van der Waals surface area contributed by atoms with E-state index in [1.165, 1.54) is 0 Å². The standard InChI is InChI=1S/C22H33N3O3.2ClH/c1-24-10-7-19(26)21(15-24)8-4-9-25(16-21)20(27)22(13-23-14-22)12-17-5-3-6-18(11-17)28-2;;/h3,5-6,11,19,23,26H,4,7-10,12-16H2,1-2H3;2*1H/t19-,21-;;/m0../s1. The highest BCUT2D eigenvalue weighted by atomic mass is 35.5. The van der Waals surface area contributed by atoms with Gasteiger partial charge in [0.1, 0.15) is 5.75 Å². The van der Waals surface area contributed by atoms with Gasteiger partial charge < -0.3 is 25.0 Å². The van der Waals surface area contributed by atoms with Crippen LogP contribution < -0.4 is 10.1 Å². The molecule has 170 valence electrons. The maximum absolute atomic E-state index is 13.6. The molecule has 1 spiro atoms. The van der Waals surface area contributed by atoms with Crippen LogP contribution in [0.2, 0.25) is 0 Å². The number of nitrogens with zero attached hydrogens (tertiary/aromatic N) is 2. The molecule has 0 radical (unpaired) electrons. The summed E-state index contributed by atoms with van der Waals surface area (Å²) in [6.07, 6.45) is 3.19. The third-order valence-corrected chi connectivity index (χ3v) is 7.03. The zero-order valence-electron chi connectivity index (χ0n) is 17.9. The highest BCUT2D eigenvalue weighted by Gasteiger charge is 2.51. The first-order valence-electron chi connectivity index (χ1n) is 10.5. The van der Waals surface area contributed by atoms with E-state index in [0.29, 0.717) is 6.54 Å². The van der Waals surface area contributed by atoms with Gasteiger partial charge in [-0.2, -0.15) is 0 Å². The Bertz CT molecular complexity index is 731. The van der Waals surface area contributed by atoms with Crippen molar-refractivity contribution in [3.05, 3.63) is 29.8 Å². The number of aliphatic hydroxyl groups excluding tert-OH is 1. The average molecular weight is 460 g/mol. The summed E-state index contributed by atoms with van der Waals surface area (Å²) < 4.78 is 5.35. The lowest BCUT2D eigenvalue weighted by atomic mass is 9.70. The lowest BCUT2D eigenvalue weighted by Gasteiger charge is -2.53. The van der Waals surface area contributed by atoms with Crippen molar-refractivity contribution in [2.45, 2.75) is 31.8 Å². The Morgan fingerprint density at radius 2 is 2.03 bits per heavy atom. The van der Waals surface area contributed by atoms with Crippen molar-refractivity contribution in [3.63, 3.8) is 0 Å². The molecule has 3 saturated heterocycles. The van der Waals surface area contributed by atoms with E-state index >= 15 is 0 Å². The molecule has 30 heavy (non-hydrogen) atoms. The minimum Gasteiger partial charge on any atom is -0.497 e. The number of ether oxygens (including phenoxy) is 1. The number of halogens is 2. The van der Waals surface area contributed by atoms with Crippen LogP contribution in [-0.2, 0) is 11.2 Å². The highest BCUT2D eigenvalue weighted by Crippen LogP contribution is 2.40. The summed E-state index contributed by atoms with van der Waals surface area (Å²) in [4.78, 5) is 18.0. The first-order chi connectivity index (χ1) is 13.5. The molecule has 3 aliphatic heterocycles. The van der Waals surface area contributed by atoms with Crippen LogP contribution in [0.25, 0.3) is 0 Å². The summed E-state index contributed by atoms with van der Waals surface area (Å²) in [5, 5.41) is 14.1. The second kappa shape index (κ2) is 10.0. The summed E-state index contributed by atoms with van der Waals surface area (Å²) in [5.41, 5.74) is 0.587. The molecule has 8 heteroatoms. The second-order valence-electron chi connectivity index (χ2n) is 9.15. The number of nitrogens with one attached hydrogen (secondary N) is 1. The lowest BCUT2D eigenvalue weighted by molar-refractivity contribution is -0.154. The first kappa shape index (κ1) is 25.2. The Labute approximate surface area is 192 Å². The van der Waals surface area contributed by atoms with E-state index in [4.69, 9.17) is 4.74 Å². The number of likely N-dealkylation sites (tertiary alicyclic amines) is 2. The largest absolute Gasteiger partial charge is 0.497 e. The number of amides is 1. The number of benzene rings is 1. The van der Waals surface area contributed by atoms with Crippen molar-refractivity contribution in [1.29, 1.82) is 0 Å². The number of hydrogen-bond acceptors (Lipinski definition) is 5. The number of hydrogen-bond donors (Lipinski definition) is 2. The van der Waals surface area contributed by atoms with Gasteiger partial charge in [0.25, 0.3) is 0 Å². The highest BCUT2D eigenvalue weighted by molar-refractivity contribution is 5.86. The minimum absolute atomic E-state index is 0. The van der Waals surface area contributed by atoms with Crippen molar-refractivity contribution < 1.29 is 14.6 Å². The third-order valence-electron chi connectivity index (χ3n) is 7.03. The quantitative estimate of drug-likeness (QED) is 0.720. The predicted octanol–water partition coefficient (Wildman–Crippen LogP) is 1.98. The van der Waals surface area contributed by atoms with Crippen molar-refractivity contribution in [3.8, 4) is 5.75 Å². The zero-order valence-corrected chi connectivity index (χ0v) is 19.6. The average Bonchev–Trinajstić information content (AvgIpc) is 2.68. The predicted molar refractivity (Wildman–Crippen MR) is 123 cm³/mol. The molecule has 3 fully saturated rings. The van der Waals surface area contributed by atoms with Gasteiger partial charge in [-0.25, -0.2) is 0 Å². The summed E-state index contributed by atoms with van der Waals surface area (Å²) in [5.74, 6) is 1.08. The molecule has 0 bridgehead atoms. The SMILES string of the molecule is COc1cccc(CC2(C(=O)N3CCC[C@]4(CN(C)CC[C@@H]4O)C3)CNC2)c1.Cl.Cl. The fourth-order valence-corrected chi connectivity index (χ4v) is 5.39. The maximum Gasteiger partial charge on any atom is 0.231 e. The van der Waals surface area contributed by atoms with Crippen molar-refractivity contribution in [1.82, 2.24) is 15.1 Å². The van der Waals surface area contributed by atoms with Crippen LogP contribution in [-0.4, -0.2) is 80.3 Å². The van der Waals surface area contributed by atoms with E-state index in [1.807, 2.05) is 23.1 Å². The fraction of sp³-hybridized carbons (Fsp3) is 0.682. The van der Waals surface area contributed by atoms with Crippen molar-refractivity contribution in [2.24, 2.45) is 10.8 Å². The molecule has 1 aromatic rings. The van der Waals surface area contributed by atoms with E-state index in [0.717, 1.165) is 69.7 Å². The molecule has 0 aromatic heterocycles. The number of aliphatic hydroxyl groups is 1. The van der Waals surface area contributed by atoms with Crippen LogP contribution in [0.5, 0.6) is 5.75 Å². The molecule has 2 N–H and O–H groups in total. The normalized spacial score (nSPS) is 28.1. The number of carbonyl (C=O) groups excluding carboxylic acids is 1. The van der Waals surface area contributed by atoms with Gasteiger partial charge in [0.05, 0.1) is 18.6 Å². The second-order valence-corrected chi connectivity index (χ2v) is 9.15. The Balaban J connectivity index is 0.00000160. The van der Waals surface area contributed by atoms with E-state index in [9.17, 15) is 9.90 Å². The number of rotatable bonds is 4. The minimum atomic E-state index is -0.379. The molecule has 2 atom stereocenters. The molecule has 1 amide bonds. The van der Waals surface area contributed by atoms with Crippen LogP contribution in [0.1, 0.15) is 24.8 Å². The van der Waals surface area contributed by atoms with Gasteiger partial charge in [-0.15, -0.1) is 24.8 Å². The van der Waals surface area contributed by atoms with Crippen LogP contribution in [0.15, 0.2) is 24.3 Å². The molecule has 1 aromatic carbocycles. The van der Waals surface area contributed by atoms with Gasteiger partial charge >= 0.3 is 0 Å². The molecule has 0 saturated carbocycles. The fourth-order valence-electron chi connectivity index (χ4n) is 5.39. The van der Waals surface area contributed by atoms with Crippen LogP contribution in [0.3, 0.4) is 0 Å². The molecule has 3 aliphatic rings. The van der Waals surface area contributed by atoms with Gasteiger partial charge in [-0.05, 0) is 50.4 Å². The van der Waals surface area contributed by atoms with Gasteiger partial charge in [-0.3, -0.25) is 4.79 Å². The first-order valence-corrected chi connectivity index (χ1v) is 10.5. The summed E-state index contributed by atoms with van der Waals surface area (Å²) in [7, 11) is 3.79. The third kappa shape index (κ3) is 4.73. The molecule has 0 aliphatic carbocycles. The van der Waals surface area contributed by atoms with Gasteiger partial charge in [0, 0.05) is 44.7 Å². The maximum atomic E-state index is 13.6. The van der Waals surface area contributed by atoms with E-state index in [2.05, 4.69) is 23.3 Å². The number of carbonyl (C=O) groups is 1. The smallest absolute Gasteiger partial charge is 0.231 e. The Morgan fingerprint density at radius 1 is 1.27 bits per heavy atom. The Kier molecular flexibility index (Phi) is 8.44. The molecule has 3 heterocycles. The monoisotopic (exact) mass is 459 g/mol. The molecular formula is C22H35Cl2N3O3. The Morgan fingerprint density at radius 3 is 2.70 bits per heavy atom. The number of piperidine rings is 2. The van der Waals surface area contributed by atoms with Crippen LogP contribution in [0, 0.1) is 10.8 Å². The van der Waals surface area contributed by atoms with E-state index in [1.54, 1.807) is 7.11 Å². The van der Waals surface area contributed by atoms with Crippen LogP contribution >= 0.6 is 24.8 Å².